The number of nitrogens with zero attached hydrogens (tertiary/aromatic N) is 1. The van der Waals surface area contributed by atoms with Crippen molar-refractivity contribution in [1.29, 1.82) is 0 Å². The molecule has 1 amide bonds. The molecule has 4 rings (SSSR count). The number of aliphatic hydroxyl groups excluding tert-OH is 1. The number of benzene rings is 3. The Balaban J connectivity index is 1.85. The normalized spacial score (nSPS) is 16.8. The summed E-state index contributed by atoms with van der Waals surface area (Å²) in [5, 5.41) is 11.6. The lowest BCUT2D eigenvalue weighted by molar-refractivity contribution is -0.132. The molecular weight excluding hydrogens is 494 g/mol. The highest BCUT2D eigenvalue weighted by Crippen LogP contribution is 2.43. The van der Waals surface area contributed by atoms with Crippen LogP contribution in [0.5, 0.6) is 17.2 Å². The van der Waals surface area contributed by atoms with Crippen molar-refractivity contribution < 1.29 is 28.9 Å². The molecule has 0 bridgehead atoms. The molecule has 1 aliphatic rings. The number of methoxy groups -OCH3 is 2. The van der Waals surface area contributed by atoms with Crippen molar-refractivity contribution in [2.24, 2.45) is 5.92 Å². The van der Waals surface area contributed by atoms with E-state index in [0.717, 1.165) is 0 Å². The molecule has 0 aromatic heterocycles. The first kappa shape index (κ1) is 26.1. The summed E-state index contributed by atoms with van der Waals surface area (Å²) in [5.41, 5.74) is 1.31. The van der Waals surface area contributed by atoms with Crippen LogP contribution in [-0.4, -0.2) is 37.6 Å². The number of hydrogen-bond acceptors (Lipinski definition) is 6. The van der Waals surface area contributed by atoms with Crippen molar-refractivity contribution >= 4 is 34.7 Å². The van der Waals surface area contributed by atoms with Crippen LogP contribution in [0.3, 0.4) is 0 Å². The summed E-state index contributed by atoms with van der Waals surface area (Å²) in [6, 6.07) is 17.7. The van der Waals surface area contributed by atoms with E-state index in [1.165, 1.54) is 25.2 Å². The number of anilines is 1. The van der Waals surface area contributed by atoms with Gasteiger partial charge in [-0.3, -0.25) is 14.5 Å². The van der Waals surface area contributed by atoms with Crippen molar-refractivity contribution in [1.82, 2.24) is 0 Å². The smallest absolute Gasteiger partial charge is 0.300 e. The lowest BCUT2D eigenvalue weighted by atomic mass is 9.95. The van der Waals surface area contributed by atoms with Crippen LogP contribution in [0.25, 0.3) is 5.76 Å². The van der Waals surface area contributed by atoms with Gasteiger partial charge in [-0.1, -0.05) is 37.6 Å². The Hall–Kier alpha value is -3.97. The Morgan fingerprint density at radius 3 is 2.32 bits per heavy atom. The molecule has 3 aromatic rings. The van der Waals surface area contributed by atoms with Gasteiger partial charge in [0.15, 0.2) is 0 Å². The summed E-state index contributed by atoms with van der Waals surface area (Å²) < 4.78 is 16.3. The molecule has 1 unspecified atom stereocenters. The molecule has 1 saturated heterocycles. The number of amides is 1. The van der Waals surface area contributed by atoms with E-state index < -0.39 is 17.7 Å². The predicted octanol–water partition coefficient (Wildman–Crippen LogP) is 6.02. The van der Waals surface area contributed by atoms with Crippen LogP contribution in [0.4, 0.5) is 5.69 Å². The molecule has 7 nitrogen and oxygen atoms in total. The van der Waals surface area contributed by atoms with Gasteiger partial charge in [0.05, 0.1) is 37.5 Å². The third-order valence-corrected chi connectivity index (χ3v) is 6.27. The summed E-state index contributed by atoms with van der Waals surface area (Å²) in [6.45, 7) is 4.66. The molecular formula is C29H28ClNO6. The second kappa shape index (κ2) is 11.0. The Bertz CT molecular complexity index is 1350. The summed E-state index contributed by atoms with van der Waals surface area (Å²) in [4.78, 5) is 28.1. The summed E-state index contributed by atoms with van der Waals surface area (Å²) in [7, 11) is 3.01. The molecule has 1 N–H and O–H groups in total. The maximum atomic E-state index is 13.4. The number of aliphatic hydroxyl groups is 1. The van der Waals surface area contributed by atoms with Crippen LogP contribution in [-0.2, 0) is 9.59 Å². The molecule has 0 saturated carbocycles. The van der Waals surface area contributed by atoms with Gasteiger partial charge in [0, 0.05) is 11.3 Å². The minimum Gasteiger partial charge on any atom is -0.507 e. The second-order valence-electron chi connectivity index (χ2n) is 8.99. The highest BCUT2D eigenvalue weighted by atomic mass is 35.5. The first-order valence-corrected chi connectivity index (χ1v) is 12.1. The Kier molecular flexibility index (Phi) is 7.74. The average molecular weight is 522 g/mol. The lowest BCUT2D eigenvalue weighted by Crippen LogP contribution is -2.29. The fourth-order valence-corrected chi connectivity index (χ4v) is 4.42. The van der Waals surface area contributed by atoms with Gasteiger partial charge in [-0.25, -0.2) is 0 Å². The number of carbonyl (C=O) groups is 2. The van der Waals surface area contributed by atoms with Gasteiger partial charge in [-0.15, -0.1) is 0 Å². The molecule has 0 aliphatic carbocycles. The van der Waals surface area contributed by atoms with E-state index in [1.807, 2.05) is 0 Å². The molecule has 0 radical (unpaired) electrons. The Morgan fingerprint density at radius 1 is 0.973 bits per heavy atom. The van der Waals surface area contributed by atoms with Crippen molar-refractivity contribution in [2.75, 3.05) is 25.7 Å². The molecule has 0 spiro atoms. The van der Waals surface area contributed by atoms with Gasteiger partial charge in [0.2, 0.25) is 0 Å². The maximum absolute atomic E-state index is 13.4. The number of halogens is 1. The topological polar surface area (TPSA) is 85.3 Å². The highest BCUT2D eigenvalue weighted by molar-refractivity contribution is 6.51. The average Bonchev–Trinajstić information content (AvgIpc) is 3.17. The zero-order valence-electron chi connectivity index (χ0n) is 21.0. The van der Waals surface area contributed by atoms with Crippen LogP contribution in [0.2, 0.25) is 5.02 Å². The number of ether oxygens (including phenoxy) is 3. The van der Waals surface area contributed by atoms with Crippen LogP contribution in [0.15, 0.2) is 72.3 Å². The fraction of sp³-hybridized carbons (Fsp3) is 0.241. The van der Waals surface area contributed by atoms with E-state index in [4.69, 9.17) is 25.8 Å². The first-order chi connectivity index (χ1) is 17.7. The van der Waals surface area contributed by atoms with E-state index in [1.54, 1.807) is 60.7 Å². The Morgan fingerprint density at radius 2 is 1.70 bits per heavy atom. The summed E-state index contributed by atoms with van der Waals surface area (Å²) in [5.74, 6) is 0.0741. The van der Waals surface area contributed by atoms with Gasteiger partial charge in [0.25, 0.3) is 11.7 Å². The largest absolute Gasteiger partial charge is 0.507 e. The number of rotatable bonds is 8. The first-order valence-electron chi connectivity index (χ1n) is 11.8. The monoisotopic (exact) mass is 521 g/mol. The maximum Gasteiger partial charge on any atom is 0.300 e. The van der Waals surface area contributed by atoms with E-state index in [0.29, 0.717) is 41.0 Å². The molecule has 8 heteroatoms. The van der Waals surface area contributed by atoms with Gasteiger partial charge in [-0.2, -0.15) is 0 Å². The third kappa shape index (κ3) is 5.27. The fourth-order valence-electron chi connectivity index (χ4n) is 4.16. The quantitative estimate of drug-likeness (QED) is 0.222. The molecule has 3 aromatic carbocycles. The number of ketones is 1. The predicted molar refractivity (Wildman–Crippen MR) is 143 cm³/mol. The van der Waals surface area contributed by atoms with Crippen LogP contribution in [0, 0.1) is 5.92 Å². The van der Waals surface area contributed by atoms with Crippen molar-refractivity contribution in [3.8, 4) is 17.2 Å². The van der Waals surface area contributed by atoms with E-state index >= 15 is 0 Å². The zero-order chi connectivity index (χ0) is 26.7. The van der Waals surface area contributed by atoms with Gasteiger partial charge >= 0.3 is 0 Å². The summed E-state index contributed by atoms with van der Waals surface area (Å²) in [6.07, 6.45) is 0. The molecule has 1 fully saturated rings. The zero-order valence-corrected chi connectivity index (χ0v) is 21.8. The van der Waals surface area contributed by atoms with Crippen LogP contribution < -0.4 is 19.1 Å². The summed E-state index contributed by atoms with van der Waals surface area (Å²) >= 11 is 6.27. The van der Waals surface area contributed by atoms with Crippen LogP contribution >= 0.6 is 11.6 Å². The standard InChI is InChI=1S/C29H28ClNO6/c1-17(2)16-37-21-11-9-20(10-12-21)31-26(18-6-5-7-22(14-18)35-3)25(28(33)29(31)34)27(32)19-8-13-24(36-4)23(30)15-19/h5-15,17,26,32H,16H2,1-4H3/b27-25-. The van der Waals surface area contributed by atoms with Crippen LogP contribution in [0.1, 0.15) is 31.0 Å². The van der Waals surface area contributed by atoms with Gasteiger partial charge in [-0.05, 0) is 66.1 Å². The second-order valence-corrected chi connectivity index (χ2v) is 9.40. The molecule has 1 atom stereocenters. The lowest BCUT2D eigenvalue weighted by Gasteiger charge is -2.26. The number of hydrogen-bond donors (Lipinski definition) is 1. The van der Waals surface area contributed by atoms with E-state index in [9.17, 15) is 14.7 Å². The van der Waals surface area contributed by atoms with E-state index in [-0.39, 0.29) is 21.9 Å². The number of Topliss-reactive ketones (excluding diaryl/α,β-unsaturated/α-hetero) is 1. The van der Waals surface area contributed by atoms with Crippen molar-refractivity contribution in [3.63, 3.8) is 0 Å². The molecule has 192 valence electrons. The minimum absolute atomic E-state index is 0.0559. The Labute approximate surface area is 220 Å². The van der Waals surface area contributed by atoms with E-state index in [2.05, 4.69) is 13.8 Å². The van der Waals surface area contributed by atoms with Gasteiger partial charge < -0.3 is 19.3 Å². The molecule has 1 heterocycles. The highest BCUT2D eigenvalue weighted by Gasteiger charge is 2.47. The van der Waals surface area contributed by atoms with Crippen molar-refractivity contribution in [2.45, 2.75) is 19.9 Å². The van der Waals surface area contributed by atoms with Gasteiger partial charge in [0.1, 0.15) is 23.0 Å². The number of carbonyl (C=O) groups excluding carboxylic acids is 2. The minimum atomic E-state index is -0.904. The third-order valence-electron chi connectivity index (χ3n) is 5.98. The van der Waals surface area contributed by atoms with Crippen molar-refractivity contribution in [3.05, 3.63) is 88.5 Å². The molecule has 37 heavy (non-hydrogen) atoms. The molecule has 1 aliphatic heterocycles. The SMILES string of the molecule is COc1cccc(C2/C(=C(/O)c3ccc(OC)c(Cl)c3)C(=O)C(=O)N2c2ccc(OCC(C)C)cc2)c1.